The van der Waals surface area contributed by atoms with Gasteiger partial charge < -0.3 is 4.57 Å². The van der Waals surface area contributed by atoms with Gasteiger partial charge >= 0.3 is 0 Å². The number of rotatable bonds is 1. The molecule has 0 fully saturated rings. The summed E-state index contributed by atoms with van der Waals surface area (Å²) in [7, 11) is 0. The zero-order valence-corrected chi connectivity index (χ0v) is 7.58. The van der Waals surface area contributed by atoms with E-state index in [0.29, 0.717) is 16.7 Å². The molecule has 13 heavy (non-hydrogen) atoms. The minimum Gasteiger partial charge on any atom is -0.330 e. The van der Waals surface area contributed by atoms with Gasteiger partial charge in [-0.25, -0.2) is 14.4 Å². The van der Waals surface area contributed by atoms with Crippen molar-refractivity contribution in [3.8, 4) is 0 Å². The lowest BCUT2D eigenvalue weighted by Gasteiger charge is -1.98. The first-order valence-corrected chi connectivity index (χ1v) is 4.20. The Balaban J connectivity index is 2.87. The molecule has 3 nitrogen and oxygen atoms in total. The molecular formula is C9H10FN3. The van der Waals surface area contributed by atoms with E-state index in [-0.39, 0.29) is 5.82 Å². The minimum atomic E-state index is -0.241. The van der Waals surface area contributed by atoms with Crippen molar-refractivity contribution >= 4 is 11.0 Å². The lowest BCUT2D eigenvalue weighted by atomic mass is 10.3. The summed E-state index contributed by atoms with van der Waals surface area (Å²) in [6, 6.07) is 0. The fourth-order valence-corrected chi connectivity index (χ4v) is 1.46. The van der Waals surface area contributed by atoms with Gasteiger partial charge in [-0.2, -0.15) is 0 Å². The van der Waals surface area contributed by atoms with Crippen LogP contribution < -0.4 is 0 Å². The van der Waals surface area contributed by atoms with Gasteiger partial charge in [0.05, 0.1) is 11.1 Å². The maximum Gasteiger partial charge on any atom is 0.152 e. The molecule has 0 aliphatic rings. The summed E-state index contributed by atoms with van der Waals surface area (Å²) in [6.07, 6.45) is 2.93. The van der Waals surface area contributed by atoms with Crippen molar-refractivity contribution in [3.63, 3.8) is 0 Å². The fraction of sp³-hybridized carbons (Fsp3) is 0.333. The number of aryl methyl sites for hydroxylation is 2. The van der Waals surface area contributed by atoms with Gasteiger partial charge in [0.2, 0.25) is 0 Å². The van der Waals surface area contributed by atoms with Gasteiger partial charge in [0.15, 0.2) is 5.82 Å². The quantitative estimate of drug-likeness (QED) is 0.669. The maximum absolute atomic E-state index is 13.4. The van der Waals surface area contributed by atoms with Crippen LogP contribution in [-0.4, -0.2) is 14.5 Å². The molecule has 0 unspecified atom stereocenters. The van der Waals surface area contributed by atoms with E-state index in [0.717, 1.165) is 6.54 Å². The highest BCUT2D eigenvalue weighted by atomic mass is 19.1. The van der Waals surface area contributed by atoms with Crippen molar-refractivity contribution in [2.75, 3.05) is 0 Å². The number of nitrogens with zero attached hydrogens (tertiary/aromatic N) is 3. The number of fused-ring (bicyclic) bond motifs is 1. The molecule has 0 bridgehead atoms. The van der Waals surface area contributed by atoms with Crippen LogP contribution in [0.15, 0.2) is 12.5 Å². The zero-order valence-electron chi connectivity index (χ0n) is 7.58. The van der Waals surface area contributed by atoms with E-state index in [2.05, 4.69) is 9.97 Å². The molecule has 4 heteroatoms. The fourth-order valence-electron chi connectivity index (χ4n) is 1.46. The third-order valence-corrected chi connectivity index (χ3v) is 2.14. The molecule has 0 saturated heterocycles. The summed E-state index contributed by atoms with van der Waals surface area (Å²) in [6.45, 7) is 4.46. The number of halogens is 1. The minimum absolute atomic E-state index is 0.241. The van der Waals surface area contributed by atoms with Crippen LogP contribution >= 0.6 is 0 Å². The molecule has 0 N–H and O–H groups in total. The summed E-state index contributed by atoms with van der Waals surface area (Å²) in [5.74, 6) is -0.241. The number of hydrogen-bond acceptors (Lipinski definition) is 2. The van der Waals surface area contributed by atoms with Crippen molar-refractivity contribution < 1.29 is 4.39 Å². The SMILES string of the molecule is CCn1cc(F)c2c(C)ncnc21. The molecule has 0 amide bonds. The second-order valence-corrected chi connectivity index (χ2v) is 2.92. The summed E-state index contributed by atoms with van der Waals surface area (Å²) < 4.78 is 15.1. The van der Waals surface area contributed by atoms with Crippen LogP contribution in [0.3, 0.4) is 0 Å². The normalized spacial score (nSPS) is 11.0. The highest BCUT2D eigenvalue weighted by Gasteiger charge is 2.10. The van der Waals surface area contributed by atoms with E-state index in [1.165, 1.54) is 12.5 Å². The predicted octanol–water partition coefficient (Wildman–Crippen LogP) is 1.90. The molecule has 0 atom stereocenters. The van der Waals surface area contributed by atoms with Crippen LogP contribution in [0.4, 0.5) is 4.39 Å². The van der Waals surface area contributed by atoms with Gasteiger partial charge in [0.25, 0.3) is 0 Å². The van der Waals surface area contributed by atoms with Crippen molar-refractivity contribution in [2.45, 2.75) is 20.4 Å². The average molecular weight is 179 g/mol. The summed E-state index contributed by atoms with van der Waals surface area (Å²) >= 11 is 0. The van der Waals surface area contributed by atoms with E-state index >= 15 is 0 Å². The first-order chi connectivity index (χ1) is 6.24. The Labute approximate surface area is 75.2 Å². The third-order valence-electron chi connectivity index (χ3n) is 2.14. The second-order valence-electron chi connectivity index (χ2n) is 2.92. The molecule has 68 valence electrons. The summed E-state index contributed by atoms with van der Waals surface area (Å²) in [4.78, 5) is 8.00. The van der Waals surface area contributed by atoms with Crippen LogP contribution in [0, 0.1) is 12.7 Å². The molecule has 0 aliphatic heterocycles. The lowest BCUT2D eigenvalue weighted by molar-refractivity contribution is 0.626. The highest BCUT2D eigenvalue weighted by Crippen LogP contribution is 2.19. The Kier molecular flexibility index (Phi) is 1.76. The Morgan fingerprint density at radius 1 is 1.46 bits per heavy atom. The van der Waals surface area contributed by atoms with Crippen LogP contribution in [0.1, 0.15) is 12.6 Å². The largest absolute Gasteiger partial charge is 0.330 e. The van der Waals surface area contributed by atoms with Crippen molar-refractivity contribution in [1.29, 1.82) is 0 Å². The summed E-state index contributed by atoms with van der Waals surface area (Å²) in [5.41, 5.74) is 1.36. The van der Waals surface area contributed by atoms with Crippen LogP contribution in [-0.2, 0) is 6.54 Å². The van der Waals surface area contributed by atoms with E-state index in [4.69, 9.17) is 0 Å². The van der Waals surface area contributed by atoms with Gasteiger partial charge in [0, 0.05) is 12.7 Å². The third kappa shape index (κ3) is 1.09. The average Bonchev–Trinajstić information content (AvgIpc) is 2.44. The molecule has 0 aromatic carbocycles. The topological polar surface area (TPSA) is 30.7 Å². The lowest BCUT2D eigenvalue weighted by Crippen LogP contribution is -1.94. The molecule has 2 heterocycles. The van der Waals surface area contributed by atoms with E-state index in [1.54, 1.807) is 11.5 Å². The van der Waals surface area contributed by atoms with Crippen molar-refractivity contribution in [1.82, 2.24) is 14.5 Å². The number of aromatic nitrogens is 3. The van der Waals surface area contributed by atoms with Crippen LogP contribution in [0.5, 0.6) is 0 Å². The van der Waals surface area contributed by atoms with Gasteiger partial charge in [0.1, 0.15) is 12.0 Å². The maximum atomic E-state index is 13.4. The van der Waals surface area contributed by atoms with Gasteiger partial charge in [-0.3, -0.25) is 0 Å². The van der Waals surface area contributed by atoms with Crippen molar-refractivity contribution in [2.24, 2.45) is 0 Å². The molecule has 0 radical (unpaired) electrons. The second kappa shape index (κ2) is 2.80. The molecule has 0 spiro atoms. The smallest absolute Gasteiger partial charge is 0.152 e. The predicted molar refractivity (Wildman–Crippen MR) is 47.9 cm³/mol. The van der Waals surface area contributed by atoms with E-state index in [9.17, 15) is 4.39 Å². The Hall–Kier alpha value is -1.45. The van der Waals surface area contributed by atoms with Crippen LogP contribution in [0.2, 0.25) is 0 Å². The molecule has 2 aromatic heterocycles. The van der Waals surface area contributed by atoms with Crippen LogP contribution in [0.25, 0.3) is 11.0 Å². The van der Waals surface area contributed by atoms with E-state index < -0.39 is 0 Å². The summed E-state index contributed by atoms with van der Waals surface area (Å²) in [5, 5.41) is 0.532. The molecule has 0 aliphatic carbocycles. The highest BCUT2D eigenvalue weighted by molar-refractivity contribution is 5.79. The monoisotopic (exact) mass is 179 g/mol. The first kappa shape index (κ1) is 8.16. The van der Waals surface area contributed by atoms with E-state index in [1.807, 2.05) is 6.92 Å². The molecular weight excluding hydrogens is 169 g/mol. The number of hydrogen-bond donors (Lipinski definition) is 0. The Bertz CT molecular complexity index is 447. The van der Waals surface area contributed by atoms with Gasteiger partial charge in [-0.05, 0) is 13.8 Å². The Morgan fingerprint density at radius 3 is 2.92 bits per heavy atom. The first-order valence-electron chi connectivity index (χ1n) is 4.20. The zero-order chi connectivity index (χ0) is 9.42. The van der Waals surface area contributed by atoms with Gasteiger partial charge in [-0.15, -0.1) is 0 Å². The molecule has 2 aromatic rings. The van der Waals surface area contributed by atoms with Gasteiger partial charge in [-0.1, -0.05) is 0 Å². The standard InChI is InChI=1S/C9H10FN3/c1-3-13-4-7(10)8-6(2)11-5-12-9(8)13/h4-5H,3H2,1-2H3. The molecule has 2 rings (SSSR count). The van der Waals surface area contributed by atoms with Crippen molar-refractivity contribution in [3.05, 3.63) is 24.0 Å². The Morgan fingerprint density at radius 2 is 2.23 bits per heavy atom. The molecule has 0 saturated carbocycles.